The number of fused-ring (bicyclic) bond motifs is 1. The van der Waals surface area contributed by atoms with E-state index in [2.05, 4.69) is 0 Å². The number of furan rings is 1. The number of aromatic carboxylic acids is 1. The molecule has 5 heteroatoms. The Hall–Kier alpha value is -1.85. The van der Waals surface area contributed by atoms with Crippen LogP contribution in [0, 0.1) is 0 Å². The summed E-state index contributed by atoms with van der Waals surface area (Å²) in [6, 6.07) is 7.22. The van der Waals surface area contributed by atoms with Crippen molar-refractivity contribution in [2.45, 2.75) is 26.6 Å². The van der Waals surface area contributed by atoms with E-state index in [1.54, 1.807) is 12.1 Å². The lowest BCUT2D eigenvalue weighted by Gasteiger charge is -2.12. The van der Waals surface area contributed by atoms with Gasteiger partial charge in [0.15, 0.2) is 0 Å². The molecule has 0 radical (unpaired) electrons. The average molecular weight is 278 g/mol. The van der Waals surface area contributed by atoms with E-state index in [0.717, 1.165) is 5.39 Å². The zero-order chi connectivity index (χ0) is 14.5. The van der Waals surface area contributed by atoms with Gasteiger partial charge in [0.1, 0.15) is 5.58 Å². The predicted octanol–water partition coefficient (Wildman–Crippen LogP) is 3.07. The second-order valence-corrected chi connectivity index (χ2v) is 4.49. The average Bonchev–Trinajstić information content (AvgIpc) is 2.82. The number of benzene rings is 1. The van der Waals surface area contributed by atoms with Gasteiger partial charge in [0.25, 0.3) is 0 Å². The van der Waals surface area contributed by atoms with Crippen LogP contribution in [0.1, 0.15) is 30.0 Å². The van der Waals surface area contributed by atoms with E-state index in [-0.39, 0.29) is 18.5 Å². The normalized spacial score (nSPS) is 12.7. The Labute approximate surface area is 117 Å². The number of carboxylic acids is 1. The molecule has 108 valence electrons. The second-order valence-electron chi connectivity index (χ2n) is 4.49. The number of hydrogen-bond acceptors (Lipinski definition) is 4. The Morgan fingerprint density at radius 1 is 1.40 bits per heavy atom. The molecule has 2 aromatic rings. The third kappa shape index (κ3) is 3.18. The van der Waals surface area contributed by atoms with E-state index in [0.29, 0.717) is 24.4 Å². The van der Waals surface area contributed by atoms with Crippen molar-refractivity contribution in [3.05, 3.63) is 35.6 Å². The molecular weight excluding hydrogens is 260 g/mol. The molecule has 0 spiro atoms. The first-order valence-electron chi connectivity index (χ1n) is 6.56. The Balaban J connectivity index is 2.19. The van der Waals surface area contributed by atoms with Gasteiger partial charge < -0.3 is 19.0 Å². The topological polar surface area (TPSA) is 68.9 Å². The summed E-state index contributed by atoms with van der Waals surface area (Å²) in [7, 11) is 0. The monoisotopic (exact) mass is 278 g/mol. The third-order valence-electron chi connectivity index (χ3n) is 2.96. The van der Waals surface area contributed by atoms with Crippen molar-refractivity contribution in [1.29, 1.82) is 0 Å². The van der Waals surface area contributed by atoms with Gasteiger partial charge in [-0.15, -0.1) is 0 Å². The summed E-state index contributed by atoms with van der Waals surface area (Å²) in [5, 5.41) is 9.97. The SMILES string of the molecule is CCOCC(C)OCc1c(C(=O)O)oc2ccccc12. The van der Waals surface area contributed by atoms with Gasteiger partial charge in [-0.05, 0) is 19.9 Å². The fraction of sp³-hybridized carbons (Fsp3) is 0.400. The summed E-state index contributed by atoms with van der Waals surface area (Å²) in [6.45, 7) is 5.10. The quantitative estimate of drug-likeness (QED) is 0.843. The maximum absolute atomic E-state index is 11.2. The van der Waals surface area contributed by atoms with Gasteiger partial charge in [-0.1, -0.05) is 18.2 Å². The van der Waals surface area contributed by atoms with Crippen LogP contribution in [0.15, 0.2) is 28.7 Å². The highest BCUT2D eigenvalue weighted by Gasteiger charge is 2.20. The molecule has 0 amide bonds. The highest BCUT2D eigenvalue weighted by Crippen LogP contribution is 2.26. The Bertz CT molecular complexity index is 587. The number of carbonyl (C=O) groups is 1. The lowest BCUT2D eigenvalue weighted by molar-refractivity contribution is -0.0118. The van der Waals surface area contributed by atoms with Crippen LogP contribution in [0.5, 0.6) is 0 Å². The predicted molar refractivity (Wildman–Crippen MR) is 73.9 cm³/mol. The van der Waals surface area contributed by atoms with Gasteiger partial charge in [-0.25, -0.2) is 4.79 Å². The summed E-state index contributed by atoms with van der Waals surface area (Å²) in [4.78, 5) is 11.2. The largest absolute Gasteiger partial charge is 0.475 e. The number of ether oxygens (including phenoxy) is 2. The van der Waals surface area contributed by atoms with Crippen molar-refractivity contribution in [3.63, 3.8) is 0 Å². The lowest BCUT2D eigenvalue weighted by Crippen LogP contribution is -2.16. The molecule has 1 heterocycles. The van der Waals surface area contributed by atoms with Crippen LogP contribution in [-0.4, -0.2) is 30.4 Å². The van der Waals surface area contributed by atoms with Crippen molar-refractivity contribution in [2.24, 2.45) is 0 Å². The molecule has 1 unspecified atom stereocenters. The van der Waals surface area contributed by atoms with Crippen LogP contribution in [-0.2, 0) is 16.1 Å². The van der Waals surface area contributed by atoms with E-state index in [4.69, 9.17) is 13.9 Å². The first kappa shape index (κ1) is 14.6. The lowest BCUT2D eigenvalue weighted by atomic mass is 10.1. The highest BCUT2D eigenvalue weighted by molar-refractivity contribution is 5.94. The third-order valence-corrected chi connectivity index (χ3v) is 2.96. The zero-order valence-corrected chi connectivity index (χ0v) is 11.6. The number of rotatable bonds is 7. The van der Waals surface area contributed by atoms with Crippen molar-refractivity contribution in [1.82, 2.24) is 0 Å². The summed E-state index contributed by atoms with van der Waals surface area (Å²) in [5.41, 5.74) is 1.12. The molecule has 0 fully saturated rings. The maximum Gasteiger partial charge on any atom is 0.372 e. The van der Waals surface area contributed by atoms with Gasteiger partial charge in [0, 0.05) is 17.6 Å². The van der Waals surface area contributed by atoms with Crippen LogP contribution in [0.3, 0.4) is 0 Å². The van der Waals surface area contributed by atoms with E-state index < -0.39 is 5.97 Å². The summed E-state index contributed by atoms with van der Waals surface area (Å²) >= 11 is 0. The first-order chi connectivity index (χ1) is 9.63. The van der Waals surface area contributed by atoms with E-state index >= 15 is 0 Å². The van der Waals surface area contributed by atoms with Crippen LogP contribution < -0.4 is 0 Å². The first-order valence-corrected chi connectivity index (χ1v) is 6.56. The minimum Gasteiger partial charge on any atom is -0.475 e. The van der Waals surface area contributed by atoms with Gasteiger partial charge in [0.2, 0.25) is 5.76 Å². The van der Waals surface area contributed by atoms with Crippen LogP contribution in [0.2, 0.25) is 0 Å². The smallest absolute Gasteiger partial charge is 0.372 e. The number of para-hydroxylation sites is 1. The summed E-state index contributed by atoms with van der Waals surface area (Å²) in [6.07, 6.45) is -0.106. The summed E-state index contributed by atoms with van der Waals surface area (Å²) in [5.74, 6) is -1.15. The molecule has 0 aliphatic heterocycles. The maximum atomic E-state index is 11.2. The molecule has 0 saturated carbocycles. The fourth-order valence-corrected chi connectivity index (χ4v) is 1.97. The van der Waals surface area contributed by atoms with Crippen LogP contribution in [0.25, 0.3) is 11.0 Å². The fourth-order valence-electron chi connectivity index (χ4n) is 1.97. The highest BCUT2D eigenvalue weighted by atomic mass is 16.5. The molecule has 1 aromatic heterocycles. The molecule has 1 aromatic carbocycles. The Morgan fingerprint density at radius 2 is 2.15 bits per heavy atom. The van der Waals surface area contributed by atoms with Crippen LogP contribution in [0.4, 0.5) is 0 Å². The zero-order valence-electron chi connectivity index (χ0n) is 11.6. The molecule has 0 saturated heterocycles. The molecule has 1 N–H and O–H groups in total. The molecule has 2 rings (SSSR count). The molecule has 1 atom stereocenters. The molecular formula is C15H18O5. The van der Waals surface area contributed by atoms with Gasteiger partial charge in [0.05, 0.1) is 19.3 Å². The molecule has 20 heavy (non-hydrogen) atoms. The Morgan fingerprint density at radius 3 is 2.85 bits per heavy atom. The molecule has 0 aliphatic carbocycles. The van der Waals surface area contributed by atoms with Gasteiger partial charge in [-0.2, -0.15) is 0 Å². The van der Waals surface area contributed by atoms with E-state index in [1.165, 1.54) is 0 Å². The van der Waals surface area contributed by atoms with Crippen LogP contribution >= 0.6 is 0 Å². The minimum absolute atomic E-state index is 0.0604. The van der Waals surface area contributed by atoms with E-state index in [9.17, 15) is 9.90 Å². The van der Waals surface area contributed by atoms with Crippen molar-refractivity contribution < 1.29 is 23.8 Å². The van der Waals surface area contributed by atoms with Gasteiger partial charge >= 0.3 is 5.97 Å². The molecule has 0 aliphatic rings. The standard InChI is InChI=1S/C15H18O5/c1-3-18-8-10(2)19-9-12-11-6-4-5-7-13(11)20-14(12)15(16)17/h4-7,10H,3,8-9H2,1-2H3,(H,16,17). The second kappa shape index (κ2) is 6.54. The van der Waals surface area contributed by atoms with Gasteiger partial charge in [-0.3, -0.25) is 0 Å². The summed E-state index contributed by atoms with van der Waals surface area (Å²) < 4.78 is 16.3. The number of carboxylic acid groups (broad SMARTS) is 1. The molecule has 0 bridgehead atoms. The van der Waals surface area contributed by atoms with E-state index in [1.807, 2.05) is 26.0 Å². The van der Waals surface area contributed by atoms with Crippen molar-refractivity contribution in [2.75, 3.05) is 13.2 Å². The van der Waals surface area contributed by atoms with Crippen molar-refractivity contribution in [3.8, 4) is 0 Å². The minimum atomic E-state index is -1.09. The Kier molecular flexibility index (Phi) is 4.76. The molecule has 5 nitrogen and oxygen atoms in total. The van der Waals surface area contributed by atoms with Crippen molar-refractivity contribution >= 4 is 16.9 Å². The number of hydrogen-bond donors (Lipinski definition) is 1.